The lowest BCUT2D eigenvalue weighted by Crippen LogP contribution is -2.35. The number of aliphatic hydroxyl groups is 1. The molecular formula is C8H15IO. The Bertz CT molecular complexity index is 116. The second kappa shape index (κ2) is 3.39. The Labute approximate surface area is 76.3 Å². The van der Waals surface area contributed by atoms with Crippen molar-refractivity contribution in [2.24, 2.45) is 5.92 Å². The molecule has 1 rings (SSSR count). The third kappa shape index (κ3) is 2.09. The molecule has 1 aliphatic rings. The zero-order valence-corrected chi connectivity index (χ0v) is 8.60. The average Bonchev–Trinajstić information content (AvgIpc) is 1.88. The van der Waals surface area contributed by atoms with Crippen LogP contribution >= 0.6 is 22.6 Å². The summed E-state index contributed by atoms with van der Waals surface area (Å²) < 4.78 is 0.898. The lowest BCUT2D eigenvalue weighted by Gasteiger charge is -2.33. The first-order chi connectivity index (χ1) is 4.66. The van der Waals surface area contributed by atoms with Crippen molar-refractivity contribution in [1.29, 1.82) is 0 Å². The highest BCUT2D eigenvalue weighted by Gasteiger charge is 2.30. The minimum atomic E-state index is -0.321. The molecule has 0 heterocycles. The SMILES string of the molecule is C[C@H]1CCC[C@@](O)(CI)C1. The van der Waals surface area contributed by atoms with E-state index in [1.54, 1.807) is 0 Å². The molecule has 0 radical (unpaired) electrons. The van der Waals surface area contributed by atoms with Crippen LogP contribution in [0.3, 0.4) is 0 Å². The first kappa shape index (κ1) is 8.78. The molecule has 0 aromatic carbocycles. The van der Waals surface area contributed by atoms with Crippen LogP contribution in [-0.4, -0.2) is 15.1 Å². The van der Waals surface area contributed by atoms with Gasteiger partial charge in [0, 0.05) is 4.43 Å². The Morgan fingerprint density at radius 1 is 1.70 bits per heavy atom. The van der Waals surface area contributed by atoms with Crippen molar-refractivity contribution in [3.63, 3.8) is 0 Å². The second-order valence-corrected chi connectivity index (χ2v) is 4.32. The summed E-state index contributed by atoms with van der Waals surface area (Å²) in [6.45, 7) is 2.23. The van der Waals surface area contributed by atoms with Crippen molar-refractivity contribution in [3.05, 3.63) is 0 Å². The van der Waals surface area contributed by atoms with Gasteiger partial charge in [0.05, 0.1) is 5.60 Å². The van der Waals surface area contributed by atoms with Gasteiger partial charge >= 0.3 is 0 Å². The average molecular weight is 254 g/mol. The van der Waals surface area contributed by atoms with Gasteiger partial charge in [0.1, 0.15) is 0 Å². The summed E-state index contributed by atoms with van der Waals surface area (Å²) >= 11 is 2.28. The zero-order valence-electron chi connectivity index (χ0n) is 6.44. The maximum atomic E-state index is 9.84. The van der Waals surface area contributed by atoms with E-state index in [1.165, 1.54) is 12.8 Å². The molecule has 0 unspecified atom stereocenters. The third-order valence-corrected chi connectivity index (χ3v) is 3.74. The minimum Gasteiger partial charge on any atom is -0.389 e. The van der Waals surface area contributed by atoms with Crippen molar-refractivity contribution >= 4 is 22.6 Å². The highest BCUT2D eigenvalue weighted by Crippen LogP contribution is 2.33. The first-order valence-corrected chi connectivity index (χ1v) is 5.47. The predicted octanol–water partition coefficient (Wildman–Crippen LogP) is 2.36. The number of alkyl halides is 1. The minimum absolute atomic E-state index is 0.321. The van der Waals surface area contributed by atoms with Gasteiger partial charge in [-0.15, -0.1) is 0 Å². The van der Waals surface area contributed by atoms with Gasteiger partial charge in [-0.25, -0.2) is 0 Å². The zero-order chi connectivity index (χ0) is 7.61. The Morgan fingerprint density at radius 2 is 2.40 bits per heavy atom. The molecule has 0 aromatic rings. The smallest absolute Gasteiger partial charge is 0.0739 e. The van der Waals surface area contributed by atoms with Crippen molar-refractivity contribution in [3.8, 4) is 0 Å². The fourth-order valence-corrected chi connectivity index (χ4v) is 2.45. The molecule has 0 bridgehead atoms. The van der Waals surface area contributed by atoms with E-state index in [1.807, 2.05) is 0 Å². The van der Waals surface area contributed by atoms with Crippen LogP contribution < -0.4 is 0 Å². The topological polar surface area (TPSA) is 20.2 Å². The number of hydrogen-bond donors (Lipinski definition) is 1. The molecule has 2 atom stereocenters. The molecule has 1 fully saturated rings. The molecule has 2 heteroatoms. The van der Waals surface area contributed by atoms with Crippen LogP contribution in [0.1, 0.15) is 32.6 Å². The summed E-state index contributed by atoms with van der Waals surface area (Å²) in [5, 5.41) is 9.84. The first-order valence-electron chi connectivity index (χ1n) is 3.95. The second-order valence-electron chi connectivity index (χ2n) is 3.56. The standard InChI is InChI=1S/C8H15IO/c1-7-3-2-4-8(10,5-7)6-9/h7,10H,2-6H2,1H3/t7-,8-/m0/s1. The molecule has 0 amide bonds. The van der Waals surface area contributed by atoms with E-state index in [-0.39, 0.29) is 5.60 Å². The van der Waals surface area contributed by atoms with Crippen LogP contribution in [0.4, 0.5) is 0 Å². The Kier molecular flexibility index (Phi) is 2.98. The van der Waals surface area contributed by atoms with Crippen LogP contribution in [0, 0.1) is 5.92 Å². The molecule has 1 N–H and O–H groups in total. The summed E-state index contributed by atoms with van der Waals surface area (Å²) in [7, 11) is 0. The number of rotatable bonds is 1. The van der Waals surface area contributed by atoms with E-state index in [0.29, 0.717) is 0 Å². The van der Waals surface area contributed by atoms with Crippen LogP contribution in [-0.2, 0) is 0 Å². The van der Waals surface area contributed by atoms with E-state index >= 15 is 0 Å². The molecule has 0 aliphatic heterocycles. The van der Waals surface area contributed by atoms with Crippen molar-refractivity contribution in [2.45, 2.75) is 38.2 Å². The fourth-order valence-electron chi connectivity index (χ4n) is 1.75. The molecule has 1 saturated carbocycles. The van der Waals surface area contributed by atoms with Gasteiger partial charge < -0.3 is 5.11 Å². The summed E-state index contributed by atoms with van der Waals surface area (Å²) in [5.41, 5.74) is -0.321. The van der Waals surface area contributed by atoms with Crippen LogP contribution in [0.25, 0.3) is 0 Å². The maximum absolute atomic E-state index is 9.84. The molecule has 0 aromatic heterocycles. The summed E-state index contributed by atoms with van der Waals surface area (Å²) in [5.74, 6) is 0.730. The Balaban J connectivity index is 2.45. The summed E-state index contributed by atoms with van der Waals surface area (Å²) in [6.07, 6.45) is 4.54. The lowest BCUT2D eigenvalue weighted by molar-refractivity contribution is 0.0118. The van der Waals surface area contributed by atoms with E-state index in [4.69, 9.17) is 0 Å². The fraction of sp³-hybridized carbons (Fsp3) is 1.00. The third-order valence-electron chi connectivity index (χ3n) is 2.32. The molecule has 60 valence electrons. The highest BCUT2D eigenvalue weighted by atomic mass is 127. The Morgan fingerprint density at radius 3 is 2.80 bits per heavy atom. The molecule has 0 spiro atoms. The van der Waals surface area contributed by atoms with E-state index in [9.17, 15) is 5.11 Å². The van der Waals surface area contributed by atoms with Crippen molar-refractivity contribution in [2.75, 3.05) is 4.43 Å². The summed E-state index contributed by atoms with van der Waals surface area (Å²) in [6, 6.07) is 0. The van der Waals surface area contributed by atoms with E-state index in [2.05, 4.69) is 29.5 Å². The van der Waals surface area contributed by atoms with Gasteiger partial charge in [0.2, 0.25) is 0 Å². The van der Waals surface area contributed by atoms with Gasteiger partial charge in [0.25, 0.3) is 0 Å². The number of hydrogen-bond acceptors (Lipinski definition) is 1. The molecule has 1 aliphatic carbocycles. The number of halogens is 1. The van der Waals surface area contributed by atoms with Gasteiger partial charge in [-0.05, 0) is 18.8 Å². The lowest BCUT2D eigenvalue weighted by atomic mass is 9.80. The van der Waals surface area contributed by atoms with Crippen LogP contribution in [0.5, 0.6) is 0 Å². The maximum Gasteiger partial charge on any atom is 0.0739 e. The largest absolute Gasteiger partial charge is 0.389 e. The quantitative estimate of drug-likeness (QED) is 0.562. The molecule has 10 heavy (non-hydrogen) atoms. The van der Waals surface area contributed by atoms with Gasteiger partial charge in [-0.1, -0.05) is 42.4 Å². The van der Waals surface area contributed by atoms with E-state index < -0.39 is 0 Å². The van der Waals surface area contributed by atoms with Gasteiger partial charge in [-0.3, -0.25) is 0 Å². The monoisotopic (exact) mass is 254 g/mol. The van der Waals surface area contributed by atoms with Crippen LogP contribution in [0.2, 0.25) is 0 Å². The molecule has 0 saturated heterocycles. The Hall–Kier alpha value is 0.690. The van der Waals surface area contributed by atoms with Gasteiger partial charge in [0.15, 0.2) is 0 Å². The highest BCUT2D eigenvalue weighted by molar-refractivity contribution is 14.1. The predicted molar refractivity (Wildman–Crippen MR) is 51.5 cm³/mol. The van der Waals surface area contributed by atoms with Crippen molar-refractivity contribution < 1.29 is 5.11 Å². The molecule has 1 nitrogen and oxygen atoms in total. The van der Waals surface area contributed by atoms with E-state index in [0.717, 1.165) is 23.2 Å². The van der Waals surface area contributed by atoms with Gasteiger partial charge in [-0.2, -0.15) is 0 Å². The van der Waals surface area contributed by atoms with Crippen molar-refractivity contribution in [1.82, 2.24) is 0 Å². The molecular weight excluding hydrogens is 239 g/mol. The normalized spacial score (nSPS) is 41.7. The van der Waals surface area contributed by atoms with Crippen LogP contribution in [0.15, 0.2) is 0 Å². The summed E-state index contributed by atoms with van der Waals surface area (Å²) in [4.78, 5) is 0.